The lowest BCUT2D eigenvalue weighted by molar-refractivity contribution is -0.118. The van der Waals surface area contributed by atoms with Crippen molar-refractivity contribution in [3.05, 3.63) is 64.7 Å². The molecule has 1 aliphatic heterocycles. The summed E-state index contributed by atoms with van der Waals surface area (Å²) in [6.07, 6.45) is 2.28. The van der Waals surface area contributed by atoms with Gasteiger partial charge in [-0.3, -0.25) is 9.59 Å². The Kier molecular flexibility index (Phi) is 4.28. The molecule has 0 saturated carbocycles. The fraction of sp³-hybridized carbons (Fsp3) is 0.300. The van der Waals surface area contributed by atoms with Crippen LogP contribution in [0, 0.1) is 6.92 Å². The molecule has 3 heteroatoms. The first kappa shape index (κ1) is 15.5. The van der Waals surface area contributed by atoms with Crippen LogP contribution in [0.3, 0.4) is 0 Å². The highest BCUT2D eigenvalue weighted by Crippen LogP contribution is 2.29. The van der Waals surface area contributed by atoms with E-state index in [9.17, 15) is 9.59 Å². The maximum Gasteiger partial charge on any atom is 0.231 e. The zero-order chi connectivity index (χ0) is 16.4. The molecule has 0 unspecified atom stereocenters. The van der Waals surface area contributed by atoms with Crippen molar-refractivity contribution in [1.29, 1.82) is 0 Å². The summed E-state index contributed by atoms with van der Waals surface area (Å²) in [5.74, 6) is 0.187. The van der Waals surface area contributed by atoms with Crippen molar-refractivity contribution in [2.75, 3.05) is 11.4 Å². The molecular weight excluding hydrogens is 286 g/mol. The predicted octanol–water partition coefficient (Wildman–Crippen LogP) is 3.72. The topological polar surface area (TPSA) is 37.4 Å². The average molecular weight is 307 g/mol. The lowest BCUT2D eigenvalue weighted by Gasteiger charge is -2.30. The first-order valence-corrected chi connectivity index (χ1v) is 8.05. The molecule has 0 aromatic heterocycles. The van der Waals surface area contributed by atoms with Gasteiger partial charge >= 0.3 is 0 Å². The largest absolute Gasteiger partial charge is 0.312 e. The SMILES string of the molecule is CC(=O)c1ccc2c(c1)CCCN2C(=O)Cc1ccccc1C. The van der Waals surface area contributed by atoms with Gasteiger partial charge in [-0.25, -0.2) is 0 Å². The molecule has 0 bridgehead atoms. The summed E-state index contributed by atoms with van der Waals surface area (Å²) in [5.41, 5.74) is 4.99. The third-order valence-corrected chi connectivity index (χ3v) is 4.51. The van der Waals surface area contributed by atoms with Crippen LogP contribution in [0.25, 0.3) is 0 Å². The second-order valence-corrected chi connectivity index (χ2v) is 6.15. The first-order chi connectivity index (χ1) is 11.1. The summed E-state index contributed by atoms with van der Waals surface area (Å²) >= 11 is 0. The fourth-order valence-electron chi connectivity index (χ4n) is 3.14. The maximum absolute atomic E-state index is 12.8. The molecule has 23 heavy (non-hydrogen) atoms. The minimum atomic E-state index is 0.0659. The molecule has 3 nitrogen and oxygen atoms in total. The molecule has 2 aromatic carbocycles. The normalized spacial score (nSPS) is 13.6. The number of amides is 1. The minimum absolute atomic E-state index is 0.0659. The highest BCUT2D eigenvalue weighted by atomic mass is 16.2. The minimum Gasteiger partial charge on any atom is -0.312 e. The molecule has 1 amide bonds. The number of fused-ring (bicyclic) bond motifs is 1. The lowest BCUT2D eigenvalue weighted by atomic mass is 9.97. The number of aryl methyl sites for hydroxylation is 2. The molecule has 0 aliphatic carbocycles. The highest BCUT2D eigenvalue weighted by molar-refractivity contribution is 5.98. The van der Waals surface area contributed by atoms with Crippen molar-refractivity contribution < 1.29 is 9.59 Å². The van der Waals surface area contributed by atoms with Crippen LogP contribution < -0.4 is 4.90 Å². The van der Waals surface area contributed by atoms with Gasteiger partial charge in [-0.05, 0) is 61.6 Å². The van der Waals surface area contributed by atoms with Crippen LogP contribution in [0.15, 0.2) is 42.5 Å². The van der Waals surface area contributed by atoms with Crippen molar-refractivity contribution in [3.63, 3.8) is 0 Å². The number of carbonyl (C=O) groups is 2. The lowest BCUT2D eigenvalue weighted by Crippen LogP contribution is -2.36. The standard InChI is InChI=1S/C20H21NO2/c1-14-6-3-4-7-16(14)13-20(23)21-11-5-8-18-12-17(15(2)22)9-10-19(18)21/h3-4,6-7,9-10,12H,5,8,11,13H2,1-2H3. The highest BCUT2D eigenvalue weighted by Gasteiger charge is 2.23. The van der Waals surface area contributed by atoms with Crippen molar-refractivity contribution in [1.82, 2.24) is 0 Å². The molecule has 0 saturated heterocycles. The van der Waals surface area contributed by atoms with Gasteiger partial charge in [0.25, 0.3) is 0 Å². The van der Waals surface area contributed by atoms with E-state index in [0.29, 0.717) is 6.42 Å². The summed E-state index contributed by atoms with van der Waals surface area (Å²) in [7, 11) is 0. The summed E-state index contributed by atoms with van der Waals surface area (Å²) in [4.78, 5) is 26.2. The van der Waals surface area contributed by atoms with Crippen LogP contribution in [-0.2, 0) is 17.6 Å². The Hall–Kier alpha value is -2.42. The van der Waals surface area contributed by atoms with E-state index in [2.05, 4.69) is 0 Å². The van der Waals surface area contributed by atoms with Crippen LogP contribution in [0.1, 0.15) is 40.4 Å². The third-order valence-electron chi connectivity index (χ3n) is 4.51. The molecule has 0 spiro atoms. The number of rotatable bonds is 3. The van der Waals surface area contributed by atoms with Crippen LogP contribution in [0.5, 0.6) is 0 Å². The Morgan fingerprint density at radius 1 is 1.13 bits per heavy atom. The summed E-state index contributed by atoms with van der Waals surface area (Å²) in [6, 6.07) is 13.7. The molecule has 0 radical (unpaired) electrons. The Morgan fingerprint density at radius 3 is 2.65 bits per heavy atom. The zero-order valence-corrected chi connectivity index (χ0v) is 13.6. The van der Waals surface area contributed by atoms with Gasteiger partial charge in [-0.1, -0.05) is 24.3 Å². The van der Waals surface area contributed by atoms with Gasteiger partial charge in [0, 0.05) is 17.8 Å². The van der Waals surface area contributed by atoms with Crippen LogP contribution in [0.2, 0.25) is 0 Å². The number of carbonyl (C=O) groups excluding carboxylic acids is 2. The Bertz CT molecular complexity index is 764. The molecule has 118 valence electrons. The number of ketones is 1. The maximum atomic E-state index is 12.8. The fourth-order valence-corrected chi connectivity index (χ4v) is 3.14. The second kappa shape index (κ2) is 6.37. The van der Waals surface area contributed by atoms with E-state index in [1.165, 1.54) is 0 Å². The van der Waals surface area contributed by atoms with E-state index < -0.39 is 0 Å². The van der Waals surface area contributed by atoms with Gasteiger partial charge in [-0.2, -0.15) is 0 Å². The van der Waals surface area contributed by atoms with Crippen molar-refractivity contribution >= 4 is 17.4 Å². The van der Waals surface area contributed by atoms with Gasteiger partial charge in [-0.15, -0.1) is 0 Å². The predicted molar refractivity (Wildman–Crippen MR) is 92.0 cm³/mol. The summed E-state index contributed by atoms with van der Waals surface area (Å²) in [6.45, 7) is 4.36. The monoisotopic (exact) mass is 307 g/mol. The number of hydrogen-bond donors (Lipinski definition) is 0. The quantitative estimate of drug-likeness (QED) is 0.810. The second-order valence-electron chi connectivity index (χ2n) is 6.15. The Morgan fingerprint density at radius 2 is 1.91 bits per heavy atom. The van der Waals surface area contributed by atoms with Gasteiger partial charge in [0.15, 0.2) is 5.78 Å². The number of nitrogens with zero attached hydrogens (tertiary/aromatic N) is 1. The molecule has 2 aromatic rings. The van der Waals surface area contributed by atoms with E-state index >= 15 is 0 Å². The molecule has 0 fully saturated rings. The number of Topliss-reactive ketones (excluding diaryl/α,β-unsaturated/α-hetero) is 1. The van der Waals surface area contributed by atoms with E-state index in [1.54, 1.807) is 6.92 Å². The smallest absolute Gasteiger partial charge is 0.231 e. The van der Waals surface area contributed by atoms with Crippen molar-refractivity contribution in [2.24, 2.45) is 0 Å². The molecule has 1 aliphatic rings. The third kappa shape index (κ3) is 3.19. The Balaban J connectivity index is 1.86. The van der Waals surface area contributed by atoms with Crippen molar-refractivity contribution in [3.8, 4) is 0 Å². The molecular formula is C20H21NO2. The van der Waals surface area contributed by atoms with Gasteiger partial charge in [0.1, 0.15) is 0 Å². The molecule has 0 atom stereocenters. The molecule has 3 rings (SSSR count). The van der Waals surface area contributed by atoms with Crippen molar-refractivity contribution in [2.45, 2.75) is 33.1 Å². The molecule has 0 N–H and O–H groups in total. The van der Waals surface area contributed by atoms with Gasteiger partial charge in [0.2, 0.25) is 5.91 Å². The number of benzene rings is 2. The van der Waals surface area contributed by atoms with E-state index in [4.69, 9.17) is 0 Å². The van der Waals surface area contributed by atoms with Gasteiger partial charge in [0.05, 0.1) is 6.42 Å². The Labute approximate surface area is 136 Å². The number of hydrogen-bond acceptors (Lipinski definition) is 2. The van der Waals surface area contributed by atoms with Crippen LogP contribution >= 0.6 is 0 Å². The number of anilines is 1. The first-order valence-electron chi connectivity index (χ1n) is 8.05. The van der Waals surface area contributed by atoms with E-state index in [0.717, 1.165) is 47.3 Å². The van der Waals surface area contributed by atoms with Crippen LogP contribution in [-0.4, -0.2) is 18.2 Å². The summed E-state index contributed by atoms with van der Waals surface area (Å²) in [5, 5.41) is 0. The van der Waals surface area contributed by atoms with E-state index in [1.807, 2.05) is 54.3 Å². The molecule has 1 heterocycles. The van der Waals surface area contributed by atoms with Crippen LogP contribution in [0.4, 0.5) is 5.69 Å². The van der Waals surface area contributed by atoms with E-state index in [-0.39, 0.29) is 11.7 Å². The summed E-state index contributed by atoms with van der Waals surface area (Å²) < 4.78 is 0. The average Bonchev–Trinajstić information content (AvgIpc) is 2.55. The zero-order valence-electron chi connectivity index (χ0n) is 13.6. The van der Waals surface area contributed by atoms with Gasteiger partial charge < -0.3 is 4.90 Å².